The van der Waals surface area contributed by atoms with E-state index in [1.165, 1.54) is 19.8 Å². The van der Waals surface area contributed by atoms with Crippen molar-refractivity contribution in [3.8, 4) is 0 Å². The van der Waals surface area contributed by atoms with Crippen molar-refractivity contribution >= 4 is 28.6 Å². The van der Waals surface area contributed by atoms with Crippen LogP contribution >= 0.6 is 22.6 Å². The van der Waals surface area contributed by atoms with E-state index in [0.29, 0.717) is 3.92 Å². The zero-order valence-electron chi connectivity index (χ0n) is 11.2. The fourth-order valence-electron chi connectivity index (χ4n) is 1.73. The number of halogens is 1. The Bertz CT molecular complexity index is 197. The van der Waals surface area contributed by atoms with Crippen molar-refractivity contribution < 1.29 is 14.3 Å². The first-order chi connectivity index (χ1) is 8.11. The SMILES string of the molecule is CCCCC[C@@H](OC(C)=O)[C@@H](I)CCCOC. The second-order valence-electron chi connectivity index (χ2n) is 4.29. The molecule has 2 atom stereocenters. The highest BCUT2D eigenvalue weighted by Gasteiger charge is 2.20. The second-order valence-corrected chi connectivity index (χ2v) is 5.89. The molecule has 0 fully saturated rings. The summed E-state index contributed by atoms with van der Waals surface area (Å²) >= 11 is 2.40. The van der Waals surface area contributed by atoms with Crippen molar-refractivity contribution in [1.29, 1.82) is 0 Å². The van der Waals surface area contributed by atoms with Gasteiger partial charge in [0.1, 0.15) is 6.10 Å². The summed E-state index contributed by atoms with van der Waals surface area (Å²) in [7, 11) is 1.72. The van der Waals surface area contributed by atoms with Crippen LogP contribution in [0.1, 0.15) is 52.4 Å². The lowest BCUT2D eigenvalue weighted by molar-refractivity contribution is -0.146. The zero-order chi connectivity index (χ0) is 13.1. The lowest BCUT2D eigenvalue weighted by atomic mass is 10.1. The molecule has 0 unspecified atom stereocenters. The normalized spacial score (nSPS) is 14.4. The van der Waals surface area contributed by atoms with Crippen molar-refractivity contribution in [2.45, 2.75) is 62.4 Å². The molecule has 0 heterocycles. The summed E-state index contributed by atoms with van der Waals surface area (Å²) in [5, 5.41) is 0. The van der Waals surface area contributed by atoms with Gasteiger partial charge in [-0.05, 0) is 25.7 Å². The van der Waals surface area contributed by atoms with Crippen molar-refractivity contribution in [2.24, 2.45) is 0 Å². The van der Waals surface area contributed by atoms with E-state index in [-0.39, 0.29) is 12.1 Å². The van der Waals surface area contributed by atoms with Crippen molar-refractivity contribution in [2.75, 3.05) is 13.7 Å². The van der Waals surface area contributed by atoms with Crippen molar-refractivity contribution in [1.82, 2.24) is 0 Å². The van der Waals surface area contributed by atoms with Gasteiger partial charge in [0.05, 0.1) is 0 Å². The van der Waals surface area contributed by atoms with E-state index >= 15 is 0 Å². The molecule has 0 aliphatic carbocycles. The molecule has 0 rings (SSSR count). The summed E-state index contributed by atoms with van der Waals surface area (Å²) in [5.74, 6) is -0.167. The Labute approximate surface area is 119 Å². The second kappa shape index (κ2) is 11.3. The van der Waals surface area contributed by atoms with Crippen molar-refractivity contribution in [3.05, 3.63) is 0 Å². The van der Waals surface area contributed by atoms with Gasteiger partial charge in [0, 0.05) is 24.6 Å². The minimum atomic E-state index is -0.167. The maximum Gasteiger partial charge on any atom is 0.302 e. The molecule has 0 radical (unpaired) electrons. The minimum Gasteiger partial charge on any atom is -0.461 e. The molecular weight excluding hydrogens is 331 g/mol. The minimum absolute atomic E-state index is 0.0662. The van der Waals surface area contributed by atoms with Crippen LogP contribution in [0.15, 0.2) is 0 Å². The maximum absolute atomic E-state index is 11.1. The van der Waals surface area contributed by atoms with E-state index in [0.717, 1.165) is 32.3 Å². The highest BCUT2D eigenvalue weighted by Crippen LogP contribution is 2.21. The average Bonchev–Trinajstić information content (AvgIpc) is 2.27. The molecule has 4 heteroatoms. The van der Waals surface area contributed by atoms with Gasteiger partial charge in [-0.25, -0.2) is 0 Å². The summed E-state index contributed by atoms with van der Waals surface area (Å²) < 4.78 is 10.8. The molecule has 0 amide bonds. The molecule has 0 saturated carbocycles. The molecule has 0 aliphatic rings. The zero-order valence-corrected chi connectivity index (χ0v) is 13.4. The number of carbonyl (C=O) groups excluding carboxylic acids is 1. The third-order valence-corrected chi connectivity index (χ3v) is 4.07. The Kier molecular flexibility index (Phi) is 11.4. The Morgan fingerprint density at radius 2 is 1.94 bits per heavy atom. The van der Waals surface area contributed by atoms with Crippen LogP contribution in [0.4, 0.5) is 0 Å². The first-order valence-corrected chi connectivity index (χ1v) is 7.66. The number of hydrogen-bond donors (Lipinski definition) is 0. The Hall–Kier alpha value is 0.160. The predicted molar refractivity (Wildman–Crippen MR) is 78.6 cm³/mol. The van der Waals surface area contributed by atoms with E-state index in [1.807, 2.05) is 0 Å². The average molecular weight is 356 g/mol. The maximum atomic E-state index is 11.1. The van der Waals surface area contributed by atoms with Crippen LogP contribution in [0.2, 0.25) is 0 Å². The molecule has 0 aromatic carbocycles. The molecule has 0 aromatic heterocycles. The van der Waals surface area contributed by atoms with E-state index in [4.69, 9.17) is 9.47 Å². The quantitative estimate of drug-likeness (QED) is 0.259. The van der Waals surface area contributed by atoms with E-state index in [2.05, 4.69) is 29.5 Å². The molecule has 3 nitrogen and oxygen atoms in total. The number of ether oxygens (including phenoxy) is 2. The number of unbranched alkanes of at least 4 members (excludes halogenated alkanes) is 2. The highest BCUT2D eigenvalue weighted by atomic mass is 127. The van der Waals surface area contributed by atoms with Gasteiger partial charge < -0.3 is 9.47 Å². The summed E-state index contributed by atoms with van der Waals surface area (Å²) in [5.41, 5.74) is 0. The topological polar surface area (TPSA) is 35.5 Å². The third kappa shape index (κ3) is 9.83. The number of rotatable bonds is 10. The Morgan fingerprint density at radius 1 is 1.24 bits per heavy atom. The standard InChI is InChI=1S/C13H25IO3/c1-4-5-6-9-13(17-11(2)15)12(14)8-7-10-16-3/h12-13H,4-10H2,1-3H3/t12-,13+/m0/s1. The predicted octanol–water partition coefficient (Wildman–Crippen LogP) is 3.73. The first kappa shape index (κ1) is 17.2. The molecule has 0 aromatic rings. The van der Waals surface area contributed by atoms with Crippen LogP contribution in [0.3, 0.4) is 0 Å². The van der Waals surface area contributed by atoms with E-state index in [1.54, 1.807) is 7.11 Å². The van der Waals surface area contributed by atoms with Crippen molar-refractivity contribution in [3.63, 3.8) is 0 Å². The third-order valence-electron chi connectivity index (χ3n) is 2.64. The number of methoxy groups -OCH3 is 1. The number of alkyl halides is 1. The molecular formula is C13H25IO3. The number of hydrogen-bond acceptors (Lipinski definition) is 3. The summed E-state index contributed by atoms with van der Waals surface area (Å²) in [6, 6.07) is 0. The smallest absolute Gasteiger partial charge is 0.302 e. The van der Waals surface area contributed by atoms with Gasteiger partial charge >= 0.3 is 5.97 Å². The molecule has 102 valence electrons. The first-order valence-electron chi connectivity index (χ1n) is 6.42. The summed E-state index contributed by atoms with van der Waals surface area (Å²) in [4.78, 5) is 11.1. The highest BCUT2D eigenvalue weighted by molar-refractivity contribution is 14.1. The lowest BCUT2D eigenvalue weighted by Crippen LogP contribution is -2.26. The van der Waals surface area contributed by atoms with Gasteiger partial charge in [-0.1, -0.05) is 42.4 Å². The Morgan fingerprint density at radius 3 is 2.47 bits per heavy atom. The van der Waals surface area contributed by atoms with Gasteiger partial charge in [0.2, 0.25) is 0 Å². The van der Waals surface area contributed by atoms with Crippen LogP contribution < -0.4 is 0 Å². The number of esters is 1. The van der Waals surface area contributed by atoms with Crippen LogP contribution in [0, 0.1) is 0 Å². The number of carbonyl (C=O) groups is 1. The van der Waals surface area contributed by atoms with Crippen LogP contribution in [0.5, 0.6) is 0 Å². The van der Waals surface area contributed by atoms with Crippen LogP contribution in [-0.4, -0.2) is 29.7 Å². The summed E-state index contributed by atoms with van der Waals surface area (Å²) in [6.07, 6.45) is 6.65. The largest absolute Gasteiger partial charge is 0.461 e. The molecule has 0 saturated heterocycles. The van der Waals surface area contributed by atoms with Gasteiger partial charge in [0.25, 0.3) is 0 Å². The monoisotopic (exact) mass is 356 g/mol. The molecule has 17 heavy (non-hydrogen) atoms. The van der Waals surface area contributed by atoms with Crippen LogP contribution in [0.25, 0.3) is 0 Å². The molecule has 0 N–H and O–H groups in total. The molecule has 0 bridgehead atoms. The van der Waals surface area contributed by atoms with Gasteiger partial charge in [-0.2, -0.15) is 0 Å². The molecule has 0 spiro atoms. The summed E-state index contributed by atoms with van der Waals surface area (Å²) in [6.45, 7) is 4.45. The van der Waals surface area contributed by atoms with E-state index < -0.39 is 0 Å². The lowest BCUT2D eigenvalue weighted by Gasteiger charge is -2.22. The van der Waals surface area contributed by atoms with Crippen LogP contribution in [-0.2, 0) is 14.3 Å². The van der Waals surface area contributed by atoms with Gasteiger partial charge in [-0.15, -0.1) is 0 Å². The molecule has 0 aliphatic heterocycles. The van der Waals surface area contributed by atoms with Gasteiger partial charge in [0.15, 0.2) is 0 Å². The fraction of sp³-hybridized carbons (Fsp3) is 0.923. The van der Waals surface area contributed by atoms with Gasteiger partial charge in [-0.3, -0.25) is 4.79 Å². The Balaban J connectivity index is 4.00. The fourth-order valence-corrected chi connectivity index (χ4v) is 2.68. The van der Waals surface area contributed by atoms with E-state index in [9.17, 15) is 4.79 Å².